The van der Waals surface area contributed by atoms with E-state index in [0.29, 0.717) is 17.3 Å². The van der Waals surface area contributed by atoms with Gasteiger partial charge >= 0.3 is 6.03 Å². The normalized spacial score (nSPS) is 28.2. The molecule has 0 unspecified atom stereocenters. The van der Waals surface area contributed by atoms with Gasteiger partial charge in [-0.2, -0.15) is 0 Å². The summed E-state index contributed by atoms with van der Waals surface area (Å²) >= 11 is 6.05. The number of para-hydroxylation sites is 1. The second-order valence-electron chi connectivity index (χ2n) is 8.76. The molecule has 3 heterocycles. The molecule has 32 heavy (non-hydrogen) atoms. The van der Waals surface area contributed by atoms with Gasteiger partial charge < -0.3 is 9.64 Å². The Morgan fingerprint density at radius 2 is 1.62 bits per heavy atom. The third-order valence-corrected chi connectivity index (χ3v) is 7.42. The van der Waals surface area contributed by atoms with Crippen LogP contribution in [0.5, 0.6) is 5.75 Å². The van der Waals surface area contributed by atoms with Crippen molar-refractivity contribution in [3.05, 3.63) is 95.0 Å². The Morgan fingerprint density at radius 1 is 0.938 bits per heavy atom. The molecule has 0 aromatic heterocycles. The van der Waals surface area contributed by atoms with Crippen molar-refractivity contribution in [2.75, 3.05) is 11.5 Å². The van der Waals surface area contributed by atoms with Crippen molar-refractivity contribution < 1.29 is 14.3 Å². The van der Waals surface area contributed by atoms with Crippen LogP contribution in [0.4, 0.5) is 10.5 Å². The van der Waals surface area contributed by atoms with E-state index in [2.05, 4.69) is 0 Å². The van der Waals surface area contributed by atoms with Crippen molar-refractivity contribution in [1.29, 1.82) is 0 Å². The zero-order chi connectivity index (χ0) is 22.0. The van der Waals surface area contributed by atoms with Crippen molar-refractivity contribution in [2.24, 2.45) is 5.92 Å². The maximum absolute atomic E-state index is 14.0. The average Bonchev–Trinajstić information content (AvgIpc) is 3.20. The van der Waals surface area contributed by atoms with Crippen LogP contribution in [-0.2, 0) is 4.79 Å². The second kappa shape index (κ2) is 6.84. The van der Waals surface area contributed by atoms with E-state index in [-0.39, 0.29) is 29.8 Å². The SMILES string of the molecule is C[C@]12C(=O)N(c3ccc(Cl)cc3)C(=O)N1[C@@H]1c3ccccc3OC[C@@H]1[C@H]2c1ccccc1. The Labute approximate surface area is 191 Å². The summed E-state index contributed by atoms with van der Waals surface area (Å²) in [6.45, 7) is 2.36. The molecule has 0 aliphatic carbocycles. The Hall–Kier alpha value is -3.31. The zero-order valence-corrected chi connectivity index (χ0v) is 18.2. The minimum Gasteiger partial charge on any atom is -0.493 e. The molecule has 3 aromatic carbocycles. The molecule has 0 bridgehead atoms. The van der Waals surface area contributed by atoms with Gasteiger partial charge in [-0.1, -0.05) is 60.1 Å². The predicted molar refractivity (Wildman–Crippen MR) is 122 cm³/mol. The highest BCUT2D eigenvalue weighted by atomic mass is 35.5. The van der Waals surface area contributed by atoms with E-state index >= 15 is 0 Å². The van der Waals surface area contributed by atoms with Crippen LogP contribution in [-0.4, -0.2) is 29.0 Å². The summed E-state index contributed by atoms with van der Waals surface area (Å²) in [5, 5.41) is 0.556. The van der Waals surface area contributed by atoms with E-state index in [1.165, 1.54) is 4.90 Å². The number of ether oxygens (including phenoxy) is 1. The first-order chi connectivity index (χ1) is 15.5. The number of fused-ring (bicyclic) bond motifs is 5. The number of nitrogens with zero attached hydrogens (tertiary/aromatic N) is 2. The summed E-state index contributed by atoms with van der Waals surface area (Å²) in [6.07, 6.45) is 0. The van der Waals surface area contributed by atoms with Crippen LogP contribution >= 0.6 is 11.6 Å². The Balaban J connectivity index is 1.56. The van der Waals surface area contributed by atoms with Gasteiger partial charge in [0.2, 0.25) is 0 Å². The number of carbonyl (C=O) groups excluding carboxylic acids is 2. The molecule has 3 aromatic rings. The summed E-state index contributed by atoms with van der Waals surface area (Å²) < 4.78 is 6.12. The number of hydrogen-bond acceptors (Lipinski definition) is 3. The molecule has 160 valence electrons. The molecule has 0 spiro atoms. The summed E-state index contributed by atoms with van der Waals surface area (Å²) in [7, 11) is 0. The Kier molecular flexibility index (Phi) is 4.14. The molecular weight excluding hydrogens is 424 g/mol. The number of urea groups is 1. The molecule has 3 aliphatic heterocycles. The van der Waals surface area contributed by atoms with Crippen molar-refractivity contribution in [3.63, 3.8) is 0 Å². The first-order valence-corrected chi connectivity index (χ1v) is 11.1. The number of amides is 3. The van der Waals surface area contributed by atoms with E-state index in [1.54, 1.807) is 29.2 Å². The minimum absolute atomic E-state index is 0.0300. The molecule has 0 N–H and O–H groups in total. The molecule has 3 amide bonds. The quantitative estimate of drug-likeness (QED) is 0.496. The summed E-state index contributed by atoms with van der Waals surface area (Å²) in [5.74, 6) is 0.328. The first kappa shape index (κ1) is 19.4. The second-order valence-corrected chi connectivity index (χ2v) is 9.20. The van der Waals surface area contributed by atoms with Crippen LogP contribution in [0.25, 0.3) is 0 Å². The maximum atomic E-state index is 14.0. The van der Waals surface area contributed by atoms with Crippen molar-refractivity contribution >= 4 is 29.2 Å². The van der Waals surface area contributed by atoms with Crippen LogP contribution in [0, 0.1) is 5.92 Å². The molecule has 2 fully saturated rings. The monoisotopic (exact) mass is 444 g/mol. The Bertz CT molecular complexity index is 1230. The molecule has 4 atom stereocenters. The topological polar surface area (TPSA) is 49.9 Å². The number of benzene rings is 3. The van der Waals surface area contributed by atoms with Crippen LogP contribution in [0.2, 0.25) is 5.02 Å². The summed E-state index contributed by atoms with van der Waals surface area (Å²) in [6, 6.07) is 24.1. The number of rotatable bonds is 2. The third kappa shape index (κ3) is 2.46. The van der Waals surface area contributed by atoms with Gasteiger partial charge in [0.05, 0.1) is 18.3 Å². The van der Waals surface area contributed by atoms with E-state index in [1.807, 2.05) is 61.5 Å². The molecule has 2 saturated heterocycles. The number of imide groups is 1. The lowest BCUT2D eigenvalue weighted by Gasteiger charge is -2.34. The standard InChI is InChI=1S/C26H21ClN2O3/c1-26-22(16-7-3-2-4-8-16)20-15-32-21-10-6-5-9-19(21)23(20)29(26)25(31)28(24(26)30)18-13-11-17(27)12-14-18/h2-14,20,22-23H,15H2,1H3/t20-,22-,23-,26+/m1/s1. The molecule has 6 heteroatoms. The molecule has 0 radical (unpaired) electrons. The Morgan fingerprint density at radius 3 is 2.38 bits per heavy atom. The molecule has 5 nitrogen and oxygen atoms in total. The van der Waals surface area contributed by atoms with E-state index in [0.717, 1.165) is 16.9 Å². The lowest BCUT2D eigenvalue weighted by molar-refractivity contribution is -0.124. The minimum atomic E-state index is -1.03. The molecular formula is C26H21ClN2O3. The van der Waals surface area contributed by atoms with Gasteiger partial charge in [0.25, 0.3) is 5.91 Å². The molecule has 3 aliphatic rings. The average molecular weight is 445 g/mol. The van der Waals surface area contributed by atoms with Gasteiger partial charge in [-0.3, -0.25) is 4.79 Å². The fourth-order valence-corrected chi connectivity index (χ4v) is 5.98. The van der Waals surface area contributed by atoms with E-state index in [4.69, 9.17) is 16.3 Å². The van der Waals surface area contributed by atoms with Gasteiger partial charge in [-0.15, -0.1) is 0 Å². The smallest absolute Gasteiger partial charge is 0.332 e. The summed E-state index contributed by atoms with van der Waals surface area (Å²) in [4.78, 5) is 31.0. The fraction of sp³-hybridized carbons (Fsp3) is 0.231. The van der Waals surface area contributed by atoms with Gasteiger partial charge in [0, 0.05) is 22.4 Å². The van der Waals surface area contributed by atoms with Gasteiger partial charge in [0.15, 0.2) is 0 Å². The highest BCUT2D eigenvalue weighted by Gasteiger charge is 2.70. The number of carbonyl (C=O) groups is 2. The van der Waals surface area contributed by atoms with Crippen LogP contribution in [0.15, 0.2) is 78.9 Å². The highest BCUT2D eigenvalue weighted by Crippen LogP contribution is 2.61. The van der Waals surface area contributed by atoms with Crippen LogP contribution in [0.1, 0.15) is 30.0 Å². The number of anilines is 1. The first-order valence-electron chi connectivity index (χ1n) is 10.7. The van der Waals surface area contributed by atoms with Crippen molar-refractivity contribution in [1.82, 2.24) is 4.90 Å². The van der Waals surface area contributed by atoms with Gasteiger partial charge in [-0.05, 0) is 42.8 Å². The molecule has 0 saturated carbocycles. The largest absolute Gasteiger partial charge is 0.493 e. The van der Waals surface area contributed by atoms with Crippen LogP contribution in [0.3, 0.4) is 0 Å². The predicted octanol–water partition coefficient (Wildman–Crippen LogP) is 5.41. The number of halogens is 1. The third-order valence-electron chi connectivity index (χ3n) is 7.16. The fourth-order valence-electron chi connectivity index (χ4n) is 5.85. The molecule has 6 rings (SSSR count). The van der Waals surface area contributed by atoms with Gasteiger partial charge in [-0.25, -0.2) is 9.69 Å². The summed E-state index contributed by atoms with van der Waals surface area (Å²) in [5.41, 5.74) is 1.49. The number of hydrogen-bond donors (Lipinski definition) is 0. The van der Waals surface area contributed by atoms with Crippen LogP contribution < -0.4 is 9.64 Å². The lowest BCUT2D eigenvalue weighted by Crippen LogP contribution is -2.46. The zero-order valence-electron chi connectivity index (χ0n) is 17.4. The van der Waals surface area contributed by atoms with E-state index in [9.17, 15) is 9.59 Å². The highest BCUT2D eigenvalue weighted by molar-refractivity contribution is 6.31. The lowest BCUT2D eigenvalue weighted by atomic mass is 9.73. The van der Waals surface area contributed by atoms with Crippen molar-refractivity contribution in [3.8, 4) is 5.75 Å². The van der Waals surface area contributed by atoms with Gasteiger partial charge in [0.1, 0.15) is 11.3 Å². The maximum Gasteiger partial charge on any atom is 0.332 e. The van der Waals surface area contributed by atoms with Crippen molar-refractivity contribution in [2.45, 2.75) is 24.4 Å². The van der Waals surface area contributed by atoms with E-state index < -0.39 is 5.54 Å².